The lowest BCUT2D eigenvalue weighted by Crippen LogP contribution is -2.38. The molecule has 1 amide bonds. The number of esters is 1. The highest BCUT2D eigenvalue weighted by Crippen LogP contribution is 2.29. The Morgan fingerprint density at radius 1 is 1.40 bits per heavy atom. The van der Waals surface area contributed by atoms with Gasteiger partial charge in [0.25, 0.3) is 5.91 Å². The number of halogens is 1. The van der Waals surface area contributed by atoms with Crippen LogP contribution in [0.4, 0.5) is 0 Å². The lowest BCUT2D eigenvalue weighted by atomic mass is 10.1. The molecule has 0 N–H and O–H groups in total. The van der Waals surface area contributed by atoms with E-state index in [0.29, 0.717) is 17.2 Å². The molecule has 1 fully saturated rings. The standard InChI is InChI=1S/C15H18ClNO3/c1-3-20-14(18)9-17(11-7-8-11)15(19)12-5-4-6-13(16)10(12)2/h4-6,11H,3,7-9H2,1-2H3. The van der Waals surface area contributed by atoms with E-state index in [9.17, 15) is 9.59 Å². The van der Waals surface area contributed by atoms with Gasteiger partial charge in [0.15, 0.2) is 0 Å². The second-order valence-electron chi connectivity index (χ2n) is 4.88. The van der Waals surface area contributed by atoms with Crippen molar-refractivity contribution in [3.8, 4) is 0 Å². The van der Waals surface area contributed by atoms with Gasteiger partial charge in [0.2, 0.25) is 0 Å². The number of hydrogen-bond donors (Lipinski definition) is 0. The Kier molecular flexibility index (Phi) is 4.65. The lowest BCUT2D eigenvalue weighted by Gasteiger charge is -2.22. The van der Waals surface area contributed by atoms with Gasteiger partial charge in [0.05, 0.1) is 6.61 Å². The van der Waals surface area contributed by atoms with E-state index >= 15 is 0 Å². The number of carbonyl (C=O) groups excluding carboxylic acids is 2. The molecule has 0 spiro atoms. The van der Waals surface area contributed by atoms with Crippen LogP contribution < -0.4 is 0 Å². The molecule has 20 heavy (non-hydrogen) atoms. The molecule has 0 atom stereocenters. The van der Waals surface area contributed by atoms with Gasteiger partial charge in [0.1, 0.15) is 6.54 Å². The topological polar surface area (TPSA) is 46.6 Å². The van der Waals surface area contributed by atoms with E-state index in [-0.39, 0.29) is 24.5 Å². The van der Waals surface area contributed by atoms with Crippen LogP contribution in [-0.4, -0.2) is 36.0 Å². The molecule has 1 aromatic carbocycles. The average molecular weight is 296 g/mol. The molecule has 2 rings (SSSR count). The number of nitrogens with zero attached hydrogens (tertiary/aromatic N) is 1. The van der Waals surface area contributed by atoms with Crippen LogP contribution in [0, 0.1) is 6.92 Å². The van der Waals surface area contributed by atoms with Gasteiger partial charge < -0.3 is 9.64 Å². The third-order valence-corrected chi connectivity index (χ3v) is 3.76. The maximum absolute atomic E-state index is 12.6. The minimum absolute atomic E-state index is 0.00327. The Labute approximate surface area is 123 Å². The lowest BCUT2D eigenvalue weighted by molar-refractivity contribution is -0.144. The third kappa shape index (κ3) is 3.31. The molecule has 1 aromatic rings. The second kappa shape index (κ2) is 6.27. The van der Waals surface area contributed by atoms with Gasteiger partial charge in [-0.3, -0.25) is 9.59 Å². The number of carbonyl (C=O) groups is 2. The molecule has 4 nitrogen and oxygen atoms in total. The van der Waals surface area contributed by atoms with Crippen molar-refractivity contribution < 1.29 is 14.3 Å². The Morgan fingerprint density at radius 2 is 2.10 bits per heavy atom. The maximum Gasteiger partial charge on any atom is 0.325 e. The van der Waals surface area contributed by atoms with Crippen molar-refractivity contribution in [2.24, 2.45) is 0 Å². The van der Waals surface area contributed by atoms with E-state index < -0.39 is 0 Å². The summed E-state index contributed by atoms with van der Waals surface area (Å²) in [5.41, 5.74) is 1.29. The summed E-state index contributed by atoms with van der Waals surface area (Å²) >= 11 is 6.05. The first kappa shape index (κ1) is 14.9. The van der Waals surface area contributed by atoms with E-state index in [1.165, 1.54) is 0 Å². The van der Waals surface area contributed by atoms with Crippen molar-refractivity contribution in [1.29, 1.82) is 0 Å². The summed E-state index contributed by atoms with van der Waals surface area (Å²) in [7, 11) is 0. The van der Waals surface area contributed by atoms with Gasteiger partial charge in [-0.2, -0.15) is 0 Å². The zero-order valence-electron chi connectivity index (χ0n) is 11.7. The molecule has 108 valence electrons. The van der Waals surface area contributed by atoms with Crippen LogP contribution >= 0.6 is 11.6 Å². The maximum atomic E-state index is 12.6. The van der Waals surface area contributed by atoms with E-state index in [1.807, 2.05) is 6.92 Å². The van der Waals surface area contributed by atoms with Gasteiger partial charge >= 0.3 is 5.97 Å². The van der Waals surface area contributed by atoms with Gasteiger partial charge in [-0.15, -0.1) is 0 Å². The summed E-state index contributed by atoms with van der Waals surface area (Å²) in [5.74, 6) is -0.520. The summed E-state index contributed by atoms with van der Waals surface area (Å²) in [6.07, 6.45) is 1.87. The van der Waals surface area contributed by atoms with Crippen molar-refractivity contribution in [3.63, 3.8) is 0 Å². The highest BCUT2D eigenvalue weighted by Gasteiger charge is 2.35. The van der Waals surface area contributed by atoms with Crippen LogP contribution in [0.25, 0.3) is 0 Å². The highest BCUT2D eigenvalue weighted by atomic mass is 35.5. The Bertz CT molecular complexity index is 526. The van der Waals surface area contributed by atoms with Gasteiger partial charge in [0, 0.05) is 16.6 Å². The van der Waals surface area contributed by atoms with E-state index in [1.54, 1.807) is 30.0 Å². The van der Waals surface area contributed by atoms with Crippen LogP contribution in [0.3, 0.4) is 0 Å². The fraction of sp³-hybridized carbons (Fsp3) is 0.467. The predicted octanol–water partition coefficient (Wildman–Crippen LogP) is 2.82. The fourth-order valence-electron chi connectivity index (χ4n) is 2.09. The van der Waals surface area contributed by atoms with Crippen LogP contribution in [0.2, 0.25) is 5.02 Å². The zero-order valence-corrected chi connectivity index (χ0v) is 12.4. The Balaban J connectivity index is 2.19. The number of benzene rings is 1. The van der Waals surface area contributed by atoms with E-state index in [2.05, 4.69) is 0 Å². The van der Waals surface area contributed by atoms with Crippen LogP contribution in [0.15, 0.2) is 18.2 Å². The molecule has 0 radical (unpaired) electrons. The molecule has 0 saturated heterocycles. The summed E-state index contributed by atoms with van der Waals surface area (Å²) in [6, 6.07) is 5.38. The minimum atomic E-state index is -0.368. The molecule has 1 saturated carbocycles. The summed E-state index contributed by atoms with van der Waals surface area (Å²) < 4.78 is 4.93. The quantitative estimate of drug-likeness (QED) is 0.785. The van der Waals surface area contributed by atoms with Gasteiger partial charge in [-0.1, -0.05) is 17.7 Å². The number of amides is 1. The molecule has 1 aliphatic rings. The van der Waals surface area contributed by atoms with Gasteiger partial charge in [-0.05, 0) is 44.4 Å². The van der Waals surface area contributed by atoms with Crippen molar-refractivity contribution in [2.75, 3.05) is 13.2 Å². The monoisotopic (exact) mass is 295 g/mol. The first-order valence-corrected chi connectivity index (χ1v) is 7.14. The largest absolute Gasteiger partial charge is 0.465 e. The third-order valence-electron chi connectivity index (χ3n) is 3.35. The normalized spacial score (nSPS) is 13.9. The average Bonchev–Trinajstić information content (AvgIpc) is 3.23. The zero-order chi connectivity index (χ0) is 14.7. The number of rotatable bonds is 5. The molecule has 5 heteroatoms. The summed E-state index contributed by atoms with van der Waals surface area (Å²) in [6.45, 7) is 3.89. The predicted molar refractivity (Wildman–Crippen MR) is 76.9 cm³/mol. The summed E-state index contributed by atoms with van der Waals surface area (Å²) in [4.78, 5) is 25.8. The number of hydrogen-bond acceptors (Lipinski definition) is 3. The van der Waals surface area contributed by atoms with Crippen molar-refractivity contribution in [1.82, 2.24) is 4.90 Å². The first-order chi connectivity index (χ1) is 9.54. The molecule has 0 bridgehead atoms. The Morgan fingerprint density at radius 3 is 2.70 bits per heavy atom. The first-order valence-electron chi connectivity index (χ1n) is 6.76. The molecule has 0 aliphatic heterocycles. The molecule has 0 unspecified atom stereocenters. The van der Waals surface area contributed by atoms with Crippen LogP contribution in [0.5, 0.6) is 0 Å². The number of ether oxygens (including phenoxy) is 1. The van der Waals surface area contributed by atoms with Crippen LogP contribution in [0.1, 0.15) is 35.7 Å². The minimum Gasteiger partial charge on any atom is -0.465 e. The van der Waals surface area contributed by atoms with Gasteiger partial charge in [-0.25, -0.2) is 0 Å². The van der Waals surface area contributed by atoms with Crippen molar-refractivity contribution >= 4 is 23.5 Å². The second-order valence-corrected chi connectivity index (χ2v) is 5.29. The van der Waals surface area contributed by atoms with Crippen molar-refractivity contribution in [3.05, 3.63) is 34.3 Å². The van der Waals surface area contributed by atoms with Crippen molar-refractivity contribution in [2.45, 2.75) is 32.7 Å². The Hall–Kier alpha value is -1.55. The molecule has 0 aromatic heterocycles. The van der Waals surface area contributed by atoms with Crippen LogP contribution in [-0.2, 0) is 9.53 Å². The fourth-order valence-corrected chi connectivity index (χ4v) is 2.27. The summed E-state index contributed by atoms with van der Waals surface area (Å²) in [5, 5.41) is 0.558. The molecule has 0 heterocycles. The van der Waals surface area contributed by atoms with E-state index in [4.69, 9.17) is 16.3 Å². The SMILES string of the molecule is CCOC(=O)CN(C(=O)c1cccc(Cl)c1C)C1CC1. The molecule has 1 aliphatic carbocycles. The highest BCUT2D eigenvalue weighted by molar-refractivity contribution is 6.31. The molecular weight excluding hydrogens is 278 g/mol. The smallest absolute Gasteiger partial charge is 0.325 e. The molecular formula is C15H18ClNO3. The van der Waals surface area contributed by atoms with E-state index in [0.717, 1.165) is 18.4 Å².